The molecule has 0 radical (unpaired) electrons. The zero-order chi connectivity index (χ0) is 11.6. The number of nitrogens with two attached hydrogens (primary N) is 1. The van der Waals surface area contributed by atoms with Crippen molar-refractivity contribution >= 4 is 0 Å². The molecule has 0 amide bonds. The molecule has 0 saturated heterocycles. The first kappa shape index (κ1) is 11.5. The smallest absolute Gasteiger partial charge is 0.115 e. The Hall–Kier alpha value is -1.02. The zero-order valence-electron chi connectivity index (χ0n) is 9.95. The summed E-state index contributed by atoms with van der Waals surface area (Å²) in [6, 6.07) is 7.43. The average molecular weight is 219 g/mol. The number of benzene rings is 1. The molecule has 0 spiro atoms. The van der Waals surface area contributed by atoms with Gasteiger partial charge in [0.15, 0.2) is 0 Å². The van der Waals surface area contributed by atoms with E-state index in [4.69, 9.17) is 5.73 Å². The minimum atomic E-state index is -0.0331. The second kappa shape index (κ2) is 4.46. The van der Waals surface area contributed by atoms with Gasteiger partial charge in [-0.25, -0.2) is 0 Å². The van der Waals surface area contributed by atoms with E-state index in [0.29, 0.717) is 5.75 Å². The molecule has 0 heterocycles. The molecule has 1 aliphatic carbocycles. The van der Waals surface area contributed by atoms with Crippen molar-refractivity contribution in [3.63, 3.8) is 0 Å². The minimum Gasteiger partial charge on any atom is -0.508 e. The number of rotatable bonds is 2. The van der Waals surface area contributed by atoms with Gasteiger partial charge in [-0.05, 0) is 42.9 Å². The number of aromatic hydroxyl groups is 1. The molecule has 0 bridgehead atoms. The predicted octanol–water partition coefficient (Wildman–Crippen LogP) is 2.84. The molecule has 1 aromatic carbocycles. The summed E-state index contributed by atoms with van der Waals surface area (Å²) in [5, 5.41) is 9.24. The fourth-order valence-corrected chi connectivity index (χ4v) is 2.88. The Balaban J connectivity index is 2.05. The summed E-state index contributed by atoms with van der Waals surface area (Å²) in [5.41, 5.74) is 7.65. The fraction of sp³-hybridized carbons (Fsp3) is 0.571. The van der Waals surface area contributed by atoms with Gasteiger partial charge in [0.1, 0.15) is 5.75 Å². The van der Waals surface area contributed by atoms with Crippen LogP contribution in [0.25, 0.3) is 0 Å². The zero-order valence-corrected chi connectivity index (χ0v) is 9.95. The molecule has 1 aliphatic rings. The summed E-state index contributed by atoms with van der Waals surface area (Å²) in [6.07, 6.45) is 5.73. The second-order valence-corrected chi connectivity index (χ2v) is 5.41. The van der Waals surface area contributed by atoms with Gasteiger partial charge in [-0.15, -0.1) is 0 Å². The standard InChI is InChI=1S/C14H21NO/c1-11-3-2-8-14(15,9-11)10-12-4-6-13(16)7-5-12/h4-7,11,16H,2-3,8-10,15H2,1H3. The van der Waals surface area contributed by atoms with Gasteiger partial charge < -0.3 is 10.8 Å². The highest BCUT2D eigenvalue weighted by molar-refractivity contribution is 5.27. The first-order chi connectivity index (χ1) is 7.57. The van der Waals surface area contributed by atoms with Crippen molar-refractivity contribution in [2.75, 3.05) is 0 Å². The first-order valence-electron chi connectivity index (χ1n) is 6.14. The maximum absolute atomic E-state index is 9.24. The molecule has 2 nitrogen and oxygen atoms in total. The van der Waals surface area contributed by atoms with Crippen molar-refractivity contribution in [1.29, 1.82) is 0 Å². The molecule has 1 fully saturated rings. The third-order valence-electron chi connectivity index (χ3n) is 3.62. The lowest BCUT2D eigenvalue weighted by atomic mass is 9.74. The SMILES string of the molecule is CC1CCCC(N)(Cc2ccc(O)cc2)C1. The topological polar surface area (TPSA) is 46.2 Å². The normalized spacial score (nSPS) is 30.2. The summed E-state index contributed by atoms with van der Waals surface area (Å²) in [7, 11) is 0. The highest BCUT2D eigenvalue weighted by atomic mass is 16.3. The third kappa shape index (κ3) is 2.76. The largest absolute Gasteiger partial charge is 0.508 e. The van der Waals surface area contributed by atoms with Gasteiger partial charge in [0, 0.05) is 5.54 Å². The lowest BCUT2D eigenvalue weighted by molar-refractivity contribution is 0.235. The van der Waals surface area contributed by atoms with Crippen molar-refractivity contribution in [1.82, 2.24) is 0 Å². The van der Waals surface area contributed by atoms with Crippen LogP contribution in [0.1, 0.15) is 38.2 Å². The van der Waals surface area contributed by atoms with Crippen molar-refractivity contribution in [2.45, 2.75) is 44.6 Å². The summed E-state index contributed by atoms with van der Waals surface area (Å²) in [4.78, 5) is 0. The molecular formula is C14H21NO. The third-order valence-corrected chi connectivity index (χ3v) is 3.62. The summed E-state index contributed by atoms with van der Waals surface area (Å²) in [5.74, 6) is 1.07. The molecule has 88 valence electrons. The van der Waals surface area contributed by atoms with Crippen molar-refractivity contribution in [3.05, 3.63) is 29.8 Å². The maximum atomic E-state index is 9.24. The second-order valence-electron chi connectivity index (χ2n) is 5.41. The maximum Gasteiger partial charge on any atom is 0.115 e. The summed E-state index contributed by atoms with van der Waals surface area (Å²) < 4.78 is 0. The first-order valence-corrected chi connectivity index (χ1v) is 6.14. The van der Waals surface area contributed by atoms with E-state index in [9.17, 15) is 5.11 Å². The van der Waals surface area contributed by atoms with Crippen LogP contribution < -0.4 is 5.73 Å². The molecule has 2 heteroatoms. The van der Waals surface area contributed by atoms with Crippen LogP contribution in [-0.4, -0.2) is 10.6 Å². The van der Waals surface area contributed by atoms with Crippen LogP contribution in [0.15, 0.2) is 24.3 Å². The molecule has 16 heavy (non-hydrogen) atoms. The molecule has 2 rings (SSSR count). The van der Waals surface area contributed by atoms with E-state index in [1.807, 2.05) is 12.1 Å². The van der Waals surface area contributed by atoms with E-state index in [1.54, 1.807) is 12.1 Å². The van der Waals surface area contributed by atoms with Crippen molar-refractivity contribution < 1.29 is 5.11 Å². The Kier molecular flexibility index (Phi) is 3.20. The fourth-order valence-electron chi connectivity index (χ4n) is 2.88. The van der Waals surface area contributed by atoms with E-state index >= 15 is 0 Å². The lowest BCUT2D eigenvalue weighted by Crippen LogP contribution is -2.45. The van der Waals surface area contributed by atoms with Gasteiger partial charge >= 0.3 is 0 Å². The molecule has 0 aliphatic heterocycles. The Morgan fingerprint density at radius 3 is 2.69 bits per heavy atom. The predicted molar refractivity (Wildman–Crippen MR) is 66.4 cm³/mol. The van der Waals surface area contributed by atoms with E-state index in [0.717, 1.165) is 25.2 Å². The van der Waals surface area contributed by atoms with Gasteiger partial charge in [-0.3, -0.25) is 0 Å². The Bertz CT molecular complexity index is 346. The molecule has 3 N–H and O–H groups in total. The van der Waals surface area contributed by atoms with Gasteiger partial charge in [0.05, 0.1) is 0 Å². The van der Waals surface area contributed by atoms with E-state index < -0.39 is 0 Å². The van der Waals surface area contributed by atoms with Crippen LogP contribution in [0.3, 0.4) is 0 Å². The Morgan fingerprint density at radius 1 is 1.38 bits per heavy atom. The highest BCUT2D eigenvalue weighted by Crippen LogP contribution is 2.33. The van der Waals surface area contributed by atoms with E-state index in [1.165, 1.54) is 18.4 Å². The number of hydrogen-bond donors (Lipinski definition) is 2. The van der Waals surface area contributed by atoms with Gasteiger partial charge in [0.2, 0.25) is 0 Å². The van der Waals surface area contributed by atoms with Gasteiger partial charge in [-0.1, -0.05) is 31.9 Å². The quantitative estimate of drug-likeness (QED) is 0.803. The van der Waals surface area contributed by atoms with Crippen LogP contribution in [0.5, 0.6) is 5.75 Å². The molecule has 2 atom stereocenters. The van der Waals surface area contributed by atoms with Crippen LogP contribution >= 0.6 is 0 Å². The van der Waals surface area contributed by atoms with Crippen molar-refractivity contribution in [2.24, 2.45) is 11.7 Å². The van der Waals surface area contributed by atoms with Gasteiger partial charge in [0.25, 0.3) is 0 Å². The summed E-state index contributed by atoms with van der Waals surface area (Å²) >= 11 is 0. The monoisotopic (exact) mass is 219 g/mol. The van der Waals surface area contributed by atoms with E-state index in [-0.39, 0.29) is 5.54 Å². The van der Waals surface area contributed by atoms with Crippen LogP contribution in [-0.2, 0) is 6.42 Å². The van der Waals surface area contributed by atoms with Crippen LogP contribution in [0, 0.1) is 5.92 Å². The molecule has 1 aromatic rings. The Morgan fingerprint density at radius 2 is 2.06 bits per heavy atom. The molecule has 0 aromatic heterocycles. The van der Waals surface area contributed by atoms with Crippen LogP contribution in [0.4, 0.5) is 0 Å². The molecule has 2 unspecified atom stereocenters. The Labute approximate surface area is 97.5 Å². The lowest BCUT2D eigenvalue weighted by Gasteiger charge is -2.37. The number of phenolic OH excluding ortho intramolecular Hbond substituents is 1. The number of hydrogen-bond acceptors (Lipinski definition) is 2. The minimum absolute atomic E-state index is 0.0331. The highest BCUT2D eigenvalue weighted by Gasteiger charge is 2.30. The van der Waals surface area contributed by atoms with Crippen LogP contribution in [0.2, 0.25) is 0 Å². The molecular weight excluding hydrogens is 198 g/mol. The van der Waals surface area contributed by atoms with Crippen molar-refractivity contribution in [3.8, 4) is 5.75 Å². The number of phenols is 1. The molecule has 1 saturated carbocycles. The van der Waals surface area contributed by atoms with E-state index in [2.05, 4.69) is 6.92 Å². The average Bonchev–Trinajstić information content (AvgIpc) is 2.21. The van der Waals surface area contributed by atoms with Gasteiger partial charge in [-0.2, -0.15) is 0 Å². The summed E-state index contributed by atoms with van der Waals surface area (Å²) in [6.45, 7) is 2.29.